The third kappa shape index (κ3) is 3.47. The van der Waals surface area contributed by atoms with E-state index in [2.05, 4.69) is 10.3 Å². The lowest BCUT2D eigenvalue weighted by Gasteiger charge is -2.26. The highest BCUT2D eigenvalue weighted by molar-refractivity contribution is 6.05. The minimum absolute atomic E-state index is 0.00197. The fourth-order valence-corrected chi connectivity index (χ4v) is 2.65. The number of rotatable bonds is 2. The number of pyridine rings is 1. The molecule has 1 aliphatic rings. The Kier molecular flexibility index (Phi) is 4.20. The minimum Gasteiger partial charge on any atom is -0.315 e. The van der Waals surface area contributed by atoms with E-state index < -0.39 is 17.8 Å². The molecule has 2 amide bonds. The van der Waals surface area contributed by atoms with E-state index in [1.807, 2.05) is 0 Å². The fourth-order valence-electron chi connectivity index (χ4n) is 2.65. The molecule has 0 radical (unpaired) electrons. The predicted molar refractivity (Wildman–Crippen MR) is 85.4 cm³/mol. The number of halogens is 3. The average molecular weight is 349 g/mol. The standard InChI is InChI=1S/C17H14F3N3O2/c1-23-12-7-5-11(9-10(12)6-8-15(23)24)16(25)22-14-4-2-3-13(21-14)17(18,19)20/h2-5,7,9H,6,8H2,1H3,(H,21,22,25). The van der Waals surface area contributed by atoms with Crippen LogP contribution in [-0.4, -0.2) is 23.8 Å². The number of aromatic nitrogens is 1. The van der Waals surface area contributed by atoms with Gasteiger partial charge in [0, 0.05) is 24.7 Å². The van der Waals surface area contributed by atoms with E-state index in [1.54, 1.807) is 19.2 Å². The second-order valence-corrected chi connectivity index (χ2v) is 5.66. The summed E-state index contributed by atoms with van der Waals surface area (Å²) >= 11 is 0. The number of nitrogens with zero attached hydrogens (tertiary/aromatic N) is 2. The van der Waals surface area contributed by atoms with Gasteiger partial charge in [0.2, 0.25) is 5.91 Å². The maximum absolute atomic E-state index is 12.7. The van der Waals surface area contributed by atoms with E-state index in [1.165, 1.54) is 23.1 Å². The van der Waals surface area contributed by atoms with Crippen molar-refractivity contribution >= 4 is 23.3 Å². The van der Waals surface area contributed by atoms with Gasteiger partial charge in [0.05, 0.1) is 0 Å². The molecule has 0 atom stereocenters. The minimum atomic E-state index is -4.58. The Morgan fingerprint density at radius 3 is 2.68 bits per heavy atom. The topological polar surface area (TPSA) is 62.3 Å². The molecule has 130 valence electrons. The summed E-state index contributed by atoms with van der Waals surface area (Å²) in [6, 6.07) is 8.12. The van der Waals surface area contributed by atoms with Crippen molar-refractivity contribution in [1.82, 2.24) is 4.98 Å². The number of amides is 2. The van der Waals surface area contributed by atoms with Crippen LogP contribution in [0, 0.1) is 0 Å². The van der Waals surface area contributed by atoms with Gasteiger partial charge < -0.3 is 10.2 Å². The Labute approximate surface area is 141 Å². The predicted octanol–water partition coefficient (Wildman–Crippen LogP) is 3.26. The number of nitrogens with one attached hydrogen (secondary N) is 1. The van der Waals surface area contributed by atoms with Crippen LogP contribution in [-0.2, 0) is 17.4 Å². The normalized spacial score (nSPS) is 14.2. The first kappa shape index (κ1) is 16.9. The van der Waals surface area contributed by atoms with Crippen LogP contribution in [0.1, 0.15) is 28.0 Å². The fraction of sp³-hybridized carbons (Fsp3) is 0.235. The van der Waals surface area contributed by atoms with E-state index in [9.17, 15) is 22.8 Å². The Morgan fingerprint density at radius 2 is 1.96 bits per heavy atom. The summed E-state index contributed by atoms with van der Waals surface area (Å²) in [4.78, 5) is 28.9. The first-order valence-corrected chi connectivity index (χ1v) is 7.51. The maximum atomic E-state index is 12.7. The lowest BCUT2D eigenvalue weighted by atomic mass is 9.99. The summed E-state index contributed by atoms with van der Waals surface area (Å²) in [6.45, 7) is 0. The molecule has 0 saturated carbocycles. The van der Waals surface area contributed by atoms with Crippen molar-refractivity contribution in [2.75, 3.05) is 17.3 Å². The zero-order valence-corrected chi connectivity index (χ0v) is 13.2. The molecule has 2 heterocycles. The van der Waals surface area contributed by atoms with Gasteiger partial charge >= 0.3 is 6.18 Å². The monoisotopic (exact) mass is 349 g/mol. The molecule has 0 fully saturated rings. The van der Waals surface area contributed by atoms with Gasteiger partial charge in [-0.1, -0.05) is 6.07 Å². The Hall–Kier alpha value is -2.90. The summed E-state index contributed by atoms with van der Waals surface area (Å²) in [5, 5.41) is 2.37. The van der Waals surface area contributed by atoms with Crippen molar-refractivity contribution in [1.29, 1.82) is 0 Å². The molecule has 1 N–H and O–H groups in total. The maximum Gasteiger partial charge on any atom is 0.433 e. The van der Waals surface area contributed by atoms with Gasteiger partial charge in [-0.15, -0.1) is 0 Å². The van der Waals surface area contributed by atoms with Crippen LogP contribution in [0.15, 0.2) is 36.4 Å². The first-order valence-electron chi connectivity index (χ1n) is 7.51. The molecule has 0 aliphatic carbocycles. The number of benzene rings is 1. The zero-order chi connectivity index (χ0) is 18.2. The molecule has 1 aliphatic heterocycles. The highest BCUT2D eigenvalue weighted by Gasteiger charge is 2.32. The summed E-state index contributed by atoms with van der Waals surface area (Å²) in [5.74, 6) is -0.739. The van der Waals surface area contributed by atoms with Gasteiger partial charge in [-0.3, -0.25) is 9.59 Å². The number of anilines is 2. The highest BCUT2D eigenvalue weighted by Crippen LogP contribution is 2.29. The summed E-state index contributed by atoms with van der Waals surface area (Å²) in [6.07, 6.45) is -3.71. The van der Waals surface area contributed by atoms with Crippen LogP contribution in [0.4, 0.5) is 24.7 Å². The molecule has 5 nitrogen and oxygen atoms in total. The largest absolute Gasteiger partial charge is 0.433 e. The third-order valence-electron chi connectivity index (χ3n) is 3.97. The smallest absolute Gasteiger partial charge is 0.315 e. The van der Waals surface area contributed by atoms with Crippen LogP contribution < -0.4 is 10.2 Å². The van der Waals surface area contributed by atoms with E-state index >= 15 is 0 Å². The molecular weight excluding hydrogens is 335 g/mol. The first-order chi connectivity index (χ1) is 11.8. The number of hydrogen-bond acceptors (Lipinski definition) is 3. The number of carbonyl (C=O) groups is 2. The van der Waals surface area contributed by atoms with Crippen molar-refractivity contribution in [2.24, 2.45) is 0 Å². The lowest BCUT2D eigenvalue weighted by molar-refractivity contribution is -0.141. The lowest BCUT2D eigenvalue weighted by Crippen LogP contribution is -2.31. The van der Waals surface area contributed by atoms with Gasteiger partial charge in [0.25, 0.3) is 5.91 Å². The van der Waals surface area contributed by atoms with E-state index in [-0.39, 0.29) is 11.7 Å². The Bertz CT molecular complexity index is 849. The molecule has 0 saturated heterocycles. The number of fused-ring (bicyclic) bond motifs is 1. The van der Waals surface area contributed by atoms with Crippen LogP contribution >= 0.6 is 0 Å². The highest BCUT2D eigenvalue weighted by atomic mass is 19.4. The van der Waals surface area contributed by atoms with Gasteiger partial charge in [-0.25, -0.2) is 4.98 Å². The summed E-state index contributed by atoms with van der Waals surface area (Å²) in [7, 11) is 1.66. The van der Waals surface area contributed by atoms with Crippen LogP contribution in [0.2, 0.25) is 0 Å². The van der Waals surface area contributed by atoms with Crippen molar-refractivity contribution in [2.45, 2.75) is 19.0 Å². The molecule has 25 heavy (non-hydrogen) atoms. The van der Waals surface area contributed by atoms with Crippen molar-refractivity contribution < 1.29 is 22.8 Å². The number of alkyl halides is 3. The van der Waals surface area contributed by atoms with Crippen molar-refractivity contribution in [3.8, 4) is 0 Å². The van der Waals surface area contributed by atoms with Crippen LogP contribution in [0.25, 0.3) is 0 Å². The zero-order valence-electron chi connectivity index (χ0n) is 13.2. The molecular formula is C17H14F3N3O2. The quantitative estimate of drug-likeness (QED) is 0.905. The molecule has 0 unspecified atom stereocenters. The molecule has 0 spiro atoms. The summed E-state index contributed by atoms with van der Waals surface area (Å²) < 4.78 is 38.0. The molecule has 8 heteroatoms. The summed E-state index contributed by atoms with van der Waals surface area (Å²) in [5.41, 5.74) is 0.785. The van der Waals surface area contributed by atoms with Crippen LogP contribution in [0.3, 0.4) is 0 Å². The second kappa shape index (κ2) is 6.19. The molecule has 1 aromatic heterocycles. The average Bonchev–Trinajstić information content (AvgIpc) is 2.57. The molecule has 1 aromatic carbocycles. The number of carbonyl (C=O) groups excluding carboxylic acids is 2. The SMILES string of the molecule is CN1C(=O)CCc2cc(C(=O)Nc3cccc(C(F)(F)F)n3)ccc21. The van der Waals surface area contributed by atoms with Gasteiger partial charge in [0.15, 0.2) is 0 Å². The molecule has 0 bridgehead atoms. The van der Waals surface area contributed by atoms with E-state index in [0.29, 0.717) is 18.4 Å². The molecule has 2 aromatic rings. The number of aryl methyl sites for hydroxylation is 1. The molecule has 3 rings (SSSR count). The second-order valence-electron chi connectivity index (χ2n) is 5.66. The number of hydrogen-bond donors (Lipinski definition) is 1. The van der Waals surface area contributed by atoms with Crippen molar-refractivity contribution in [3.63, 3.8) is 0 Å². The van der Waals surface area contributed by atoms with Gasteiger partial charge in [-0.2, -0.15) is 13.2 Å². The van der Waals surface area contributed by atoms with E-state index in [4.69, 9.17) is 0 Å². The Morgan fingerprint density at radius 1 is 1.20 bits per heavy atom. The Balaban J connectivity index is 1.82. The third-order valence-corrected chi connectivity index (χ3v) is 3.97. The van der Waals surface area contributed by atoms with E-state index in [0.717, 1.165) is 17.3 Å². The van der Waals surface area contributed by atoms with Gasteiger partial charge in [0.1, 0.15) is 11.5 Å². The van der Waals surface area contributed by atoms with Crippen molar-refractivity contribution in [3.05, 3.63) is 53.2 Å². The van der Waals surface area contributed by atoms with Crippen LogP contribution in [0.5, 0.6) is 0 Å². The van der Waals surface area contributed by atoms with Gasteiger partial charge in [-0.05, 0) is 42.3 Å².